The van der Waals surface area contributed by atoms with Gasteiger partial charge in [0.2, 0.25) is 5.95 Å². The Labute approximate surface area is 182 Å². The van der Waals surface area contributed by atoms with Crippen LogP contribution >= 0.6 is 0 Å². The maximum absolute atomic E-state index is 12.6. The van der Waals surface area contributed by atoms with Gasteiger partial charge in [-0.05, 0) is 25.3 Å². The first kappa shape index (κ1) is 19.9. The van der Waals surface area contributed by atoms with E-state index in [0.717, 1.165) is 32.4 Å². The molecule has 2 N–H and O–H groups in total. The second-order valence-corrected chi connectivity index (χ2v) is 7.81. The van der Waals surface area contributed by atoms with Crippen LogP contribution in [-0.4, -0.2) is 50.0 Å². The first-order valence-corrected chi connectivity index (χ1v) is 10.5. The van der Waals surface area contributed by atoms with E-state index in [-0.39, 0.29) is 18.2 Å². The van der Waals surface area contributed by atoms with Gasteiger partial charge in [-0.2, -0.15) is 10.1 Å². The number of aromatic amines is 1. The number of benzene rings is 1. The van der Waals surface area contributed by atoms with Crippen LogP contribution in [0.15, 0.2) is 44.1 Å². The van der Waals surface area contributed by atoms with E-state index in [1.807, 2.05) is 12.1 Å². The zero-order chi connectivity index (χ0) is 22.2. The molecule has 0 atom stereocenters. The molecule has 1 saturated heterocycles. The number of aromatic nitrogens is 4. The van der Waals surface area contributed by atoms with E-state index in [1.165, 1.54) is 10.8 Å². The molecule has 2 aliphatic rings. The summed E-state index contributed by atoms with van der Waals surface area (Å²) in [5, 5.41) is 11.0. The number of carbonyl (C=O) groups excluding carboxylic acids is 1. The molecule has 3 aromatic rings. The van der Waals surface area contributed by atoms with Crippen LogP contribution in [-0.2, 0) is 18.4 Å². The van der Waals surface area contributed by atoms with Gasteiger partial charge >= 0.3 is 5.69 Å². The third-order valence-corrected chi connectivity index (χ3v) is 5.77. The minimum Gasteiger partial charge on any atom is -0.342 e. The largest absolute Gasteiger partial charge is 0.342 e. The number of para-hydroxylation sites is 1. The number of nitrogens with one attached hydrogen (secondary N) is 2. The highest BCUT2D eigenvalue weighted by Crippen LogP contribution is 2.24. The van der Waals surface area contributed by atoms with Gasteiger partial charge in [0.25, 0.3) is 11.5 Å². The lowest BCUT2D eigenvalue weighted by Gasteiger charge is -2.27. The van der Waals surface area contributed by atoms with Gasteiger partial charge in [-0.15, -0.1) is 5.10 Å². The van der Waals surface area contributed by atoms with Crippen molar-refractivity contribution in [2.24, 2.45) is 17.3 Å². The fraction of sp³-hybridized carbons (Fsp3) is 0.333. The molecule has 1 amide bonds. The van der Waals surface area contributed by atoms with Crippen molar-refractivity contribution in [3.05, 3.63) is 50.7 Å². The van der Waals surface area contributed by atoms with Crippen LogP contribution < -0.4 is 21.5 Å². The Kier molecular flexibility index (Phi) is 4.92. The number of hydrogen-bond acceptors (Lipinski definition) is 7. The SMILES string of the molecule is Cn1c(=O)[nH]c(=O)c2c1nc(N1CCCCC1)n2C/C=N\N=C1/C(=O)Nc2ccccc21. The zero-order valence-electron chi connectivity index (χ0n) is 17.5. The number of H-pyrrole nitrogens is 1. The Morgan fingerprint density at radius 2 is 1.91 bits per heavy atom. The lowest BCUT2D eigenvalue weighted by Crippen LogP contribution is -2.32. The Bertz CT molecular complexity index is 1390. The first-order valence-electron chi connectivity index (χ1n) is 10.5. The van der Waals surface area contributed by atoms with E-state index in [9.17, 15) is 14.4 Å². The van der Waals surface area contributed by atoms with Crippen molar-refractivity contribution in [1.82, 2.24) is 19.1 Å². The zero-order valence-corrected chi connectivity index (χ0v) is 17.5. The van der Waals surface area contributed by atoms with Gasteiger partial charge in [0.05, 0.1) is 12.2 Å². The molecule has 2 aromatic heterocycles. The minimum atomic E-state index is -0.511. The molecule has 4 heterocycles. The summed E-state index contributed by atoms with van der Waals surface area (Å²) in [5.74, 6) is 0.311. The molecule has 1 fully saturated rings. The number of imidazole rings is 1. The highest BCUT2D eigenvalue weighted by Gasteiger charge is 2.25. The molecule has 0 aliphatic carbocycles. The molecule has 32 heavy (non-hydrogen) atoms. The molecule has 0 radical (unpaired) electrons. The number of piperidine rings is 1. The molecule has 11 nitrogen and oxygen atoms in total. The predicted molar refractivity (Wildman–Crippen MR) is 122 cm³/mol. The molecule has 0 saturated carbocycles. The van der Waals surface area contributed by atoms with Gasteiger partial charge in [-0.25, -0.2) is 4.79 Å². The van der Waals surface area contributed by atoms with Gasteiger partial charge in [-0.3, -0.25) is 23.7 Å². The van der Waals surface area contributed by atoms with Crippen LogP contribution in [0.3, 0.4) is 0 Å². The second kappa shape index (κ2) is 7.91. The lowest BCUT2D eigenvalue weighted by atomic mass is 10.1. The second-order valence-electron chi connectivity index (χ2n) is 7.81. The van der Waals surface area contributed by atoms with Crippen molar-refractivity contribution in [3.8, 4) is 0 Å². The van der Waals surface area contributed by atoms with Crippen molar-refractivity contribution in [3.63, 3.8) is 0 Å². The van der Waals surface area contributed by atoms with E-state index in [2.05, 4.69) is 30.4 Å². The third-order valence-electron chi connectivity index (χ3n) is 5.77. The monoisotopic (exact) mass is 434 g/mol. The molecular formula is C21H22N8O3. The molecule has 5 rings (SSSR count). The summed E-state index contributed by atoms with van der Waals surface area (Å²) in [5.41, 5.74) is 1.25. The maximum Gasteiger partial charge on any atom is 0.329 e. The number of nitrogens with zero attached hydrogens (tertiary/aromatic N) is 6. The summed E-state index contributed by atoms with van der Waals surface area (Å²) < 4.78 is 3.07. The topological polar surface area (TPSA) is 130 Å². The van der Waals surface area contributed by atoms with Crippen LogP contribution in [0, 0.1) is 0 Å². The molecule has 11 heteroatoms. The molecule has 164 valence electrons. The highest BCUT2D eigenvalue weighted by molar-refractivity contribution is 6.53. The van der Waals surface area contributed by atoms with E-state index in [0.29, 0.717) is 28.4 Å². The van der Waals surface area contributed by atoms with Gasteiger partial charge in [0.1, 0.15) is 0 Å². The summed E-state index contributed by atoms with van der Waals surface area (Å²) in [7, 11) is 1.58. The molecule has 0 bridgehead atoms. The summed E-state index contributed by atoms with van der Waals surface area (Å²) >= 11 is 0. The van der Waals surface area contributed by atoms with E-state index >= 15 is 0 Å². The number of aryl methyl sites for hydroxylation is 1. The maximum atomic E-state index is 12.6. The number of anilines is 2. The molecule has 0 spiro atoms. The quantitative estimate of drug-likeness (QED) is 0.464. The summed E-state index contributed by atoms with van der Waals surface area (Å²) in [6.45, 7) is 1.86. The number of rotatable bonds is 4. The van der Waals surface area contributed by atoms with E-state index in [4.69, 9.17) is 0 Å². The van der Waals surface area contributed by atoms with Crippen LogP contribution in [0.25, 0.3) is 11.2 Å². The smallest absolute Gasteiger partial charge is 0.329 e. The van der Waals surface area contributed by atoms with Crippen molar-refractivity contribution < 1.29 is 4.79 Å². The van der Waals surface area contributed by atoms with Gasteiger partial charge in [0.15, 0.2) is 16.9 Å². The molecule has 2 aliphatic heterocycles. The van der Waals surface area contributed by atoms with Crippen molar-refractivity contribution in [2.75, 3.05) is 23.3 Å². The summed E-state index contributed by atoms with van der Waals surface area (Å²) in [6.07, 6.45) is 4.75. The van der Waals surface area contributed by atoms with Gasteiger partial charge < -0.3 is 10.2 Å². The van der Waals surface area contributed by atoms with Crippen molar-refractivity contribution in [2.45, 2.75) is 25.8 Å². The molecular weight excluding hydrogens is 412 g/mol. The minimum absolute atomic E-state index is 0.212. The predicted octanol–water partition coefficient (Wildman–Crippen LogP) is 0.841. The van der Waals surface area contributed by atoms with E-state index < -0.39 is 11.2 Å². The Morgan fingerprint density at radius 3 is 2.72 bits per heavy atom. The standard InChI is InChI=1S/C21H22N8O3/c1-27-17-16(19(31)25-21(27)32)29(20(24-17)28-10-5-2-6-11-28)12-9-22-26-15-13-7-3-4-8-14(13)23-18(15)30/h3-4,7-9H,2,5-6,10-12H2,1H3,(H,23,26,30)(H,25,31,32)/b22-9-. The van der Waals surface area contributed by atoms with Crippen LogP contribution in [0.1, 0.15) is 24.8 Å². The Morgan fingerprint density at radius 1 is 1.12 bits per heavy atom. The van der Waals surface area contributed by atoms with Gasteiger partial charge in [0, 0.05) is 31.9 Å². The molecule has 1 aromatic carbocycles. The Hall–Kier alpha value is -4.02. The first-order chi connectivity index (χ1) is 15.5. The number of hydrogen-bond donors (Lipinski definition) is 2. The fourth-order valence-electron chi connectivity index (χ4n) is 4.15. The van der Waals surface area contributed by atoms with E-state index in [1.54, 1.807) is 23.7 Å². The summed E-state index contributed by atoms with van der Waals surface area (Å²) in [6, 6.07) is 7.28. The fourth-order valence-corrected chi connectivity index (χ4v) is 4.15. The highest BCUT2D eigenvalue weighted by atomic mass is 16.2. The van der Waals surface area contributed by atoms with Crippen LogP contribution in [0.4, 0.5) is 11.6 Å². The average molecular weight is 434 g/mol. The van der Waals surface area contributed by atoms with Crippen molar-refractivity contribution >= 4 is 40.6 Å². The summed E-state index contributed by atoms with van der Waals surface area (Å²) in [4.78, 5) is 45.9. The normalized spacial score (nSPS) is 17.5. The van der Waals surface area contributed by atoms with Gasteiger partial charge in [-0.1, -0.05) is 18.2 Å². The third kappa shape index (κ3) is 3.31. The number of fused-ring (bicyclic) bond motifs is 2. The van der Waals surface area contributed by atoms with Crippen LogP contribution in [0.2, 0.25) is 0 Å². The lowest BCUT2D eigenvalue weighted by molar-refractivity contribution is -0.110. The average Bonchev–Trinajstić information content (AvgIpc) is 3.34. The van der Waals surface area contributed by atoms with Crippen LogP contribution in [0.5, 0.6) is 0 Å². The van der Waals surface area contributed by atoms with Crippen molar-refractivity contribution in [1.29, 1.82) is 0 Å². The number of amides is 1. The molecule has 0 unspecified atom stereocenters. The number of carbonyl (C=O) groups is 1. The Balaban J connectivity index is 1.52.